The number of rotatable bonds is 3. The van der Waals surface area contributed by atoms with Crippen molar-refractivity contribution in [2.24, 2.45) is 0 Å². The Morgan fingerprint density at radius 1 is 1.19 bits per heavy atom. The van der Waals surface area contributed by atoms with E-state index in [1.165, 1.54) is 0 Å². The molecule has 1 aliphatic heterocycles. The molecule has 2 aromatic carbocycles. The van der Waals surface area contributed by atoms with Crippen LogP contribution in [0.15, 0.2) is 42.5 Å². The Balaban J connectivity index is 1.55. The second kappa shape index (κ2) is 7.12. The van der Waals surface area contributed by atoms with Crippen molar-refractivity contribution in [2.75, 3.05) is 13.1 Å². The molecule has 0 aliphatic carbocycles. The van der Waals surface area contributed by atoms with Crippen molar-refractivity contribution in [2.45, 2.75) is 25.7 Å². The molecule has 6 heteroatoms. The lowest BCUT2D eigenvalue weighted by molar-refractivity contribution is 0.0688. The highest BCUT2D eigenvalue weighted by atomic mass is 32.1. The zero-order valence-corrected chi connectivity index (χ0v) is 15.8. The van der Waals surface area contributed by atoms with Crippen LogP contribution in [0.2, 0.25) is 0 Å². The topological polar surface area (TPSA) is 70.5 Å². The highest BCUT2D eigenvalue weighted by Crippen LogP contribution is 2.29. The molecule has 5 nitrogen and oxygen atoms in total. The summed E-state index contributed by atoms with van der Waals surface area (Å²) in [6.45, 7) is 3.31. The average Bonchev–Trinajstić information content (AvgIpc) is 3.06. The molecule has 1 aliphatic rings. The average molecular weight is 380 g/mol. The van der Waals surface area contributed by atoms with Crippen LogP contribution in [0, 0.1) is 6.92 Å². The van der Waals surface area contributed by atoms with Gasteiger partial charge in [-0.25, -0.2) is 9.78 Å². The van der Waals surface area contributed by atoms with Crippen molar-refractivity contribution < 1.29 is 14.7 Å². The smallest absolute Gasteiger partial charge is 0.335 e. The van der Waals surface area contributed by atoms with Gasteiger partial charge in [-0.3, -0.25) is 4.79 Å². The van der Waals surface area contributed by atoms with E-state index in [1.54, 1.807) is 29.5 Å². The van der Waals surface area contributed by atoms with Crippen LogP contribution in [0.3, 0.4) is 0 Å². The van der Waals surface area contributed by atoms with Gasteiger partial charge in [0.15, 0.2) is 0 Å². The maximum Gasteiger partial charge on any atom is 0.335 e. The highest BCUT2D eigenvalue weighted by molar-refractivity contribution is 7.18. The second-order valence-corrected chi connectivity index (χ2v) is 8.17. The number of carboxylic acids is 1. The molecule has 0 saturated carbocycles. The molecule has 1 atom stereocenters. The van der Waals surface area contributed by atoms with Crippen LogP contribution in [0.25, 0.3) is 10.2 Å². The van der Waals surface area contributed by atoms with E-state index in [2.05, 4.69) is 4.98 Å². The Morgan fingerprint density at radius 3 is 2.85 bits per heavy atom. The first-order chi connectivity index (χ1) is 13.0. The minimum Gasteiger partial charge on any atom is -0.478 e. The van der Waals surface area contributed by atoms with E-state index >= 15 is 0 Å². The number of carbonyl (C=O) groups is 2. The zero-order valence-electron chi connectivity index (χ0n) is 15.0. The van der Waals surface area contributed by atoms with Crippen molar-refractivity contribution in [3.63, 3.8) is 0 Å². The predicted molar refractivity (Wildman–Crippen MR) is 106 cm³/mol. The van der Waals surface area contributed by atoms with Crippen LogP contribution in [0.1, 0.15) is 50.0 Å². The van der Waals surface area contributed by atoms with Gasteiger partial charge in [-0.15, -0.1) is 11.3 Å². The number of nitrogens with zero attached hydrogens (tertiary/aromatic N) is 2. The third-order valence-electron chi connectivity index (χ3n) is 5.06. The normalized spacial score (nSPS) is 17.2. The number of thiazole rings is 1. The van der Waals surface area contributed by atoms with Gasteiger partial charge in [0, 0.05) is 24.6 Å². The molecule has 1 saturated heterocycles. The molecular weight excluding hydrogens is 360 g/mol. The van der Waals surface area contributed by atoms with E-state index in [1.807, 2.05) is 36.1 Å². The van der Waals surface area contributed by atoms with Crippen molar-refractivity contribution in [1.82, 2.24) is 9.88 Å². The number of carbonyl (C=O) groups excluding carboxylic acids is 1. The SMILES string of the molecule is Cc1nc2ccc(C(=O)N3CCCC(c4cccc(C(=O)O)c4)C3)cc2s1. The summed E-state index contributed by atoms with van der Waals surface area (Å²) in [5.41, 5.74) is 2.89. The molecular formula is C21H20N2O3S. The first-order valence-corrected chi connectivity index (χ1v) is 9.82. The Labute approximate surface area is 161 Å². The second-order valence-electron chi connectivity index (χ2n) is 6.94. The Kier molecular flexibility index (Phi) is 4.66. The van der Waals surface area contributed by atoms with E-state index in [0.29, 0.717) is 17.7 Å². The fourth-order valence-electron chi connectivity index (χ4n) is 3.71. The van der Waals surface area contributed by atoms with E-state index in [9.17, 15) is 14.7 Å². The van der Waals surface area contributed by atoms with Gasteiger partial charge in [-0.05, 0) is 55.7 Å². The van der Waals surface area contributed by atoms with Crippen LogP contribution >= 0.6 is 11.3 Å². The number of hydrogen-bond acceptors (Lipinski definition) is 4. The minimum atomic E-state index is -0.922. The maximum absolute atomic E-state index is 13.0. The van der Waals surface area contributed by atoms with Gasteiger partial charge < -0.3 is 10.0 Å². The van der Waals surface area contributed by atoms with Crippen molar-refractivity contribution in [3.05, 3.63) is 64.2 Å². The molecule has 1 N–H and O–H groups in total. The van der Waals surface area contributed by atoms with Crippen LogP contribution in [-0.4, -0.2) is 40.0 Å². The molecule has 0 bridgehead atoms. The Hall–Kier alpha value is -2.73. The zero-order chi connectivity index (χ0) is 19.0. The summed E-state index contributed by atoms with van der Waals surface area (Å²) < 4.78 is 1.03. The predicted octanol–water partition coefficient (Wildman–Crippen LogP) is 4.32. The molecule has 2 heterocycles. The number of carboxylic acid groups (broad SMARTS) is 1. The lowest BCUT2D eigenvalue weighted by Crippen LogP contribution is -2.39. The van der Waals surface area contributed by atoms with Gasteiger partial charge in [0.2, 0.25) is 0 Å². The van der Waals surface area contributed by atoms with Crippen LogP contribution in [0.5, 0.6) is 0 Å². The lowest BCUT2D eigenvalue weighted by Gasteiger charge is -2.33. The number of amides is 1. The van der Waals surface area contributed by atoms with Crippen molar-refractivity contribution in [3.8, 4) is 0 Å². The first-order valence-electron chi connectivity index (χ1n) is 9.01. The summed E-state index contributed by atoms with van der Waals surface area (Å²) in [6.07, 6.45) is 1.87. The molecule has 27 heavy (non-hydrogen) atoms. The third-order valence-corrected chi connectivity index (χ3v) is 5.99. The summed E-state index contributed by atoms with van der Waals surface area (Å²) in [4.78, 5) is 30.6. The molecule has 3 aromatic rings. The van der Waals surface area contributed by atoms with Gasteiger partial charge in [0.05, 0.1) is 20.8 Å². The fraction of sp³-hybridized carbons (Fsp3) is 0.286. The number of benzene rings is 2. The summed E-state index contributed by atoms with van der Waals surface area (Å²) >= 11 is 1.59. The standard InChI is InChI=1S/C21H20N2O3S/c1-13-22-18-8-7-15(11-19(18)27-13)20(24)23-9-3-6-17(12-23)14-4-2-5-16(10-14)21(25)26/h2,4-5,7-8,10-11,17H,3,6,9,12H2,1H3,(H,25,26). The number of aromatic nitrogens is 1. The summed E-state index contributed by atoms with van der Waals surface area (Å²) in [7, 11) is 0. The van der Waals surface area contributed by atoms with Gasteiger partial charge in [0.25, 0.3) is 5.91 Å². The summed E-state index contributed by atoms with van der Waals surface area (Å²) in [6, 6.07) is 12.7. The Morgan fingerprint density at radius 2 is 2.04 bits per heavy atom. The van der Waals surface area contributed by atoms with Crippen molar-refractivity contribution in [1.29, 1.82) is 0 Å². The van der Waals surface area contributed by atoms with E-state index in [4.69, 9.17) is 0 Å². The number of likely N-dealkylation sites (tertiary alicyclic amines) is 1. The van der Waals surface area contributed by atoms with Gasteiger partial charge in [-0.2, -0.15) is 0 Å². The molecule has 1 amide bonds. The lowest BCUT2D eigenvalue weighted by atomic mass is 9.89. The largest absolute Gasteiger partial charge is 0.478 e. The number of hydrogen-bond donors (Lipinski definition) is 1. The molecule has 1 fully saturated rings. The van der Waals surface area contributed by atoms with Crippen molar-refractivity contribution >= 4 is 33.4 Å². The summed E-state index contributed by atoms with van der Waals surface area (Å²) in [5, 5.41) is 10.2. The van der Waals surface area contributed by atoms with Gasteiger partial charge in [0.1, 0.15) is 0 Å². The molecule has 0 spiro atoms. The van der Waals surface area contributed by atoms with Crippen LogP contribution < -0.4 is 0 Å². The molecule has 138 valence electrons. The molecule has 0 radical (unpaired) electrons. The van der Waals surface area contributed by atoms with E-state index in [0.717, 1.165) is 40.2 Å². The fourth-order valence-corrected chi connectivity index (χ4v) is 4.58. The summed E-state index contributed by atoms with van der Waals surface area (Å²) in [5.74, 6) is -0.729. The minimum absolute atomic E-state index is 0.0297. The monoisotopic (exact) mass is 380 g/mol. The van der Waals surface area contributed by atoms with E-state index < -0.39 is 5.97 Å². The van der Waals surface area contributed by atoms with Gasteiger partial charge >= 0.3 is 5.97 Å². The number of aryl methyl sites for hydroxylation is 1. The quantitative estimate of drug-likeness (QED) is 0.734. The number of fused-ring (bicyclic) bond motifs is 1. The molecule has 1 unspecified atom stereocenters. The van der Waals surface area contributed by atoms with Crippen LogP contribution in [0.4, 0.5) is 0 Å². The molecule has 4 rings (SSSR count). The van der Waals surface area contributed by atoms with Gasteiger partial charge in [-0.1, -0.05) is 12.1 Å². The third kappa shape index (κ3) is 3.57. The maximum atomic E-state index is 13.0. The molecule has 1 aromatic heterocycles. The van der Waals surface area contributed by atoms with Crippen LogP contribution in [-0.2, 0) is 0 Å². The van der Waals surface area contributed by atoms with E-state index in [-0.39, 0.29) is 11.8 Å². The first kappa shape index (κ1) is 17.7. The number of piperidine rings is 1. The number of aromatic carboxylic acids is 1. The Bertz CT molecular complexity index is 1030. The highest BCUT2D eigenvalue weighted by Gasteiger charge is 2.26.